The van der Waals surface area contributed by atoms with Crippen LogP contribution in [0.25, 0.3) is 0 Å². The average molecular weight is 134 g/mol. The summed E-state index contributed by atoms with van der Waals surface area (Å²) in [4.78, 5) is 0. The van der Waals surface area contributed by atoms with Gasteiger partial charge in [-0.1, -0.05) is 6.92 Å². The highest BCUT2D eigenvalue weighted by molar-refractivity contribution is 8.20. The Balaban J connectivity index is 2.26. The molecule has 0 aromatic heterocycles. The Morgan fingerprint density at radius 1 is 1.43 bits per heavy atom. The van der Waals surface area contributed by atoms with Gasteiger partial charge in [0, 0.05) is 15.6 Å². The molecule has 2 heteroatoms. The molecule has 1 aliphatic rings. The number of hydrogen-bond acceptors (Lipinski definition) is 2. The molecule has 0 radical (unpaired) electrons. The maximum absolute atomic E-state index is 2.29. The molecule has 0 amide bonds. The molecule has 0 aromatic carbocycles. The highest BCUT2D eigenvalue weighted by atomic mass is 32.2. The van der Waals surface area contributed by atoms with Crippen molar-refractivity contribution >= 4 is 23.5 Å². The van der Waals surface area contributed by atoms with Crippen LogP contribution in [0.15, 0.2) is 0 Å². The second kappa shape index (κ2) is 2.31. The molecule has 1 saturated heterocycles. The molecular formula is C5H10S2. The summed E-state index contributed by atoms with van der Waals surface area (Å²) in [6.07, 6.45) is 0. The van der Waals surface area contributed by atoms with Crippen molar-refractivity contribution in [3.8, 4) is 0 Å². The van der Waals surface area contributed by atoms with E-state index in [-0.39, 0.29) is 0 Å². The number of thioether (sulfide) groups is 2. The van der Waals surface area contributed by atoms with E-state index < -0.39 is 0 Å². The molecule has 0 spiro atoms. The average Bonchev–Trinajstić information content (AvgIpc) is 1.87. The van der Waals surface area contributed by atoms with E-state index in [1.54, 1.807) is 0 Å². The van der Waals surface area contributed by atoms with E-state index in [0.29, 0.717) is 0 Å². The molecule has 0 saturated carbocycles. The lowest BCUT2D eigenvalue weighted by Gasteiger charge is -1.95. The molecule has 1 rings (SSSR count). The van der Waals surface area contributed by atoms with Gasteiger partial charge in [0.05, 0.1) is 0 Å². The second-order valence-electron chi connectivity index (χ2n) is 1.85. The molecule has 0 nitrogen and oxygen atoms in total. The summed E-state index contributed by atoms with van der Waals surface area (Å²) < 4.78 is 0.856. The fourth-order valence-electron chi connectivity index (χ4n) is 0.677. The molecular weight excluding hydrogens is 124 g/mol. The summed E-state index contributed by atoms with van der Waals surface area (Å²) in [6.45, 7) is 4.57. The lowest BCUT2D eigenvalue weighted by molar-refractivity contribution is 1.15. The van der Waals surface area contributed by atoms with Crippen LogP contribution in [0.4, 0.5) is 0 Å². The van der Waals surface area contributed by atoms with Crippen molar-refractivity contribution in [3.63, 3.8) is 0 Å². The van der Waals surface area contributed by atoms with Crippen LogP contribution in [0.3, 0.4) is 0 Å². The molecule has 1 aliphatic heterocycles. The van der Waals surface area contributed by atoms with Crippen LogP contribution in [0.2, 0.25) is 0 Å². The Kier molecular flexibility index (Phi) is 1.93. The van der Waals surface area contributed by atoms with E-state index in [1.165, 1.54) is 5.75 Å². The summed E-state index contributed by atoms with van der Waals surface area (Å²) >= 11 is 4.15. The summed E-state index contributed by atoms with van der Waals surface area (Å²) in [5.74, 6) is 1.35. The molecule has 0 N–H and O–H groups in total. The minimum atomic E-state index is 0.856. The quantitative estimate of drug-likeness (QED) is 0.498. The van der Waals surface area contributed by atoms with E-state index in [2.05, 4.69) is 37.4 Å². The van der Waals surface area contributed by atoms with E-state index in [9.17, 15) is 0 Å². The molecule has 0 aliphatic carbocycles. The van der Waals surface area contributed by atoms with Crippen molar-refractivity contribution in [2.24, 2.45) is 0 Å². The number of rotatable bonds is 0. The Labute approximate surface area is 53.4 Å². The van der Waals surface area contributed by atoms with E-state index >= 15 is 0 Å². The third-order valence-corrected chi connectivity index (χ3v) is 4.12. The van der Waals surface area contributed by atoms with Gasteiger partial charge >= 0.3 is 0 Å². The molecule has 7 heavy (non-hydrogen) atoms. The van der Waals surface area contributed by atoms with Crippen LogP contribution in [-0.2, 0) is 0 Å². The smallest absolute Gasteiger partial charge is 0.0477 e. The number of hydrogen-bond donors (Lipinski definition) is 0. The third kappa shape index (κ3) is 1.57. The fourth-order valence-corrected chi connectivity index (χ4v) is 3.54. The maximum Gasteiger partial charge on any atom is 0.0477 e. The van der Waals surface area contributed by atoms with Gasteiger partial charge in [-0.05, 0) is 6.92 Å². The molecule has 1 fully saturated rings. The minimum absolute atomic E-state index is 0.856. The van der Waals surface area contributed by atoms with Gasteiger partial charge < -0.3 is 0 Å². The van der Waals surface area contributed by atoms with Gasteiger partial charge in [-0.25, -0.2) is 0 Å². The largest absolute Gasteiger partial charge is 0.147 e. The van der Waals surface area contributed by atoms with Crippen LogP contribution >= 0.6 is 23.5 Å². The topological polar surface area (TPSA) is 0 Å². The van der Waals surface area contributed by atoms with Crippen molar-refractivity contribution < 1.29 is 0 Å². The first-order valence-corrected chi connectivity index (χ1v) is 4.55. The van der Waals surface area contributed by atoms with Gasteiger partial charge in [-0.3, -0.25) is 0 Å². The normalized spacial score (nSPS) is 42.0. The summed E-state index contributed by atoms with van der Waals surface area (Å²) in [5.41, 5.74) is 0. The van der Waals surface area contributed by atoms with Gasteiger partial charge in [-0.15, -0.1) is 23.5 Å². The zero-order valence-corrected chi connectivity index (χ0v) is 6.31. The SMILES string of the molecule is C[C@H]1SC[C@@H](C)S1. The lowest BCUT2D eigenvalue weighted by atomic mass is 10.6. The lowest BCUT2D eigenvalue weighted by Crippen LogP contribution is -1.89. The Morgan fingerprint density at radius 3 is 2.29 bits per heavy atom. The molecule has 0 aromatic rings. The van der Waals surface area contributed by atoms with Gasteiger partial charge in [-0.2, -0.15) is 0 Å². The van der Waals surface area contributed by atoms with Crippen molar-refractivity contribution in [3.05, 3.63) is 0 Å². The predicted octanol–water partition coefficient (Wildman–Crippen LogP) is 2.20. The fraction of sp³-hybridized carbons (Fsp3) is 1.00. The molecule has 0 bridgehead atoms. The second-order valence-corrected chi connectivity index (χ2v) is 5.30. The summed E-state index contributed by atoms with van der Waals surface area (Å²) in [5, 5.41) is 0.903. The van der Waals surface area contributed by atoms with Crippen molar-refractivity contribution in [1.29, 1.82) is 0 Å². The zero-order chi connectivity index (χ0) is 5.28. The molecule has 1 heterocycles. The molecule has 2 atom stereocenters. The van der Waals surface area contributed by atoms with Crippen molar-refractivity contribution in [1.82, 2.24) is 0 Å². The summed E-state index contributed by atoms with van der Waals surface area (Å²) in [6, 6.07) is 0. The van der Waals surface area contributed by atoms with Gasteiger partial charge in [0.25, 0.3) is 0 Å². The van der Waals surface area contributed by atoms with Crippen molar-refractivity contribution in [2.75, 3.05) is 5.75 Å². The first kappa shape index (κ1) is 5.83. The third-order valence-electron chi connectivity index (χ3n) is 0.990. The van der Waals surface area contributed by atoms with Crippen LogP contribution < -0.4 is 0 Å². The maximum atomic E-state index is 2.29. The Hall–Kier alpha value is 0.700. The first-order valence-electron chi connectivity index (χ1n) is 2.56. The molecule has 42 valence electrons. The van der Waals surface area contributed by atoms with E-state index in [0.717, 1.165) is 9.83 Å². The van der Waals surface area contributed by atoms with Crippen LogP contribution in [0.5, 0.6) is 0 Å². The Bertz CT molecular complexity index is 55.1. The van der Waals surface area contributed by atoms with Gasteiger partial charge in [0.1, 0.15) is 0 Å². The van der Waals surface area contributed by atoms with E-state index in [1.807, 2.05) is 0 Å². The molecule has 0 unspecified atom stereocenters. The monoisotopic (exact) mass is 134 g/mol. The highest BCUT2D eigenvalue weighted by Gasteiger charge is 2.17. The standard InChI is InChI=1S/C5H10S2/c1-4-3-6-5(2)7-4/h4-5H,3H2,1-2H3/t4-,5+/m1/s1. The van der Waals surface area contributed by atoms with Crippen molar-refractivity contribution in [2.45, 2.75) is 23.7 Å². The van der Waals surface area contributed by atoms with Gasteiger partial charge in [0.15, 0.2) is 0 Å². The highest BCUT2D eigenvalue weighted by Crippen LogP contribution is 2.36. The zero-order valence-electron chi connectivity index (χ0n) is 4.68. The summed E-state index contributed by atoms with van der Waals surface area (Å²) in [7, 11) is 0. The van der Waals surface area contributed by atoms with E-state index in [4.69, 9.17) is 0 Å². The van der Waals surface area contributed by atoms with Crippen LogP contribution in [0.1, 0.15) is 13.8 Å². The minimum Gasteiger partial charge on any atom is -0.147 e. The predicted molar refractivity (Wildman–Crippen MR) is 39.0 cm³/mol. The first-order chi connectivity index (χ1) is 3.29. The Morgan fingerprint density at radius 2 is 2.14 bits per heavy atom. The van der Waals surface area contributed by atoms with Gasteiger partial charge in [0.2, 0.25) is 0 Å². The van der Waals surface area contributed by atoms with Crippen LogP contribution in [-0.4, -0.2) is 15.6 Å². The van der Waals surface area contributed by atoms with Crippen LogP contribution in [0, 0.1) is 0 Å².